The van der Waals surface area contributed by atoms with E-state index in [1.54, 1.807) is 0 Å². The van der Waals surface area contributed by atoms with Gasteiger partial charge in [0.25, 0.3) is 0 Å². The SMILES string of the molecule is CC(C)(C)[Si](C)(C)Oc1ccc(C2Cc3ccccc3C(N)=N2)cc1.Cl. The van der Waals surface area contributed by atoms with Gasteiger partial charge in [-0.2, -0.15) is 0 Å². The molecular formula is C21H29ClN2OSi. The number of amidine groups is 1. The van der Waals surface area contributed by atoms with Crippen molar-refractivity contribution >= 4 is 26.6 Å². The summed E-state index contributed by atoms with van der Waals surface area (Å²) in [5.41, 5.74) is 9.68. The Bertz CT molecular complexity index is 794. The van der Waals surface area contributed by atoms with Crippen LogP contribution in [-0.2, 0) is 6.42 Å². The van der Waals surface area contributed by atoms with Crippen molar-refractivity contribution in [3.8, 4) is 5.75 Å². The molecule has 1 aliphatic rings. The lowest BCUT2D eigenvalue weighted by molar-refractivity contribution is 0.492. The van der Waals surface area contributed by atoms with Gasteiger partial charge in [0.2, 0.25) is 8.32 Å². The Balaban J connectivity index is 0.00000243. The summed E-state index contributed by atoms with van der Waals surface area (Å²) in [5, 5.41) is 0.192. The lowest BCUT2D eigenvalue weighted by Crippen LogP contribution is -2.43. The van der Waals surface area contributed by atoms with E-state index in [2.05, 4.69) is 70.3 Å². The Morgan fingerprint density at radius 1 is 1.04 bits per heavy atom. The summed E-state index contributed by atoms with van der Waals surface area (Å²) in [6, 6.07) is 16.7. The van der Waals surface area contributed by atoms with Gasteiger partial charge in [-0.3, -0.25) is 4.99 Å². The standard InChI is InChI=1S/C21H28N2OSi.ClH/c1-21(2,3)25(4,5)24-17-12-10-15(11-13-17)19-14-16-8-6-7-9-18(16)20(22)23-19;/h6-13,19H,14H2,1-5H3,(H2,22,23);1H. The fraction of sp³-hybridized carbons (Fsp3) is 0.381. The second-order valence-electron chi connectivity index (χ2n) is 8.32. The highest BCUT2D eigenvalue weighted by molar-refractivity contribution is 6.74. The van der Waals surface area contributed by atoms with Crippen molar-refractivity contribution in [2.45, 2.75) is 51.4 Å². The lowest BCUT2D eigenvalue weighted by atomic mass is 9.92. The molecule has 0 bridgehead atoms. The first kappa shape index (κ1) is 20.5. The average Bonchev–Trinajstić information content (AvgIpc) is 2.54. The molecule has 0 saturated carbocycles. The van der Waals surface area contributed by atoms with Crippen LogP contribution in [0.2, 0.25) is 18.1 Å². The Hall–Kier alpha value is -1.78. The number of rotatable bonds is 3. The Labute approximate surface area is 164 Å². The van der Waals surface area contributed by atoms with Crippen molar-refractivity contribution in [2.24, 2.45) is 10.7 Å². The maximum atomic E-state index is 6.36. The van der Waals surface area contributed by atoms with E-state index in [9.17, 15) is 0 Å². The van der Waals surface area contributed by atoms with E-state index in [4.69, 9.17) is 15.2 Å². The van der Waals surface area contributed by atoms with Crippen LogP contribution in [0.5, 0.6) is 5.75 Å². The zero-order chi connectivity index (χ0) is 18.2. The van der Waals surface area contributed by atoms with E-state index in [0.717, 1.165) is 17.7 Å². The molecule has 2 aromatic carbocycles. The van der Waals surface area contributed by atoms with Crippen LogP contribution in [0.3, 0.4) is 0 Å². The zero-order valence-corrected chi connectivity index (χ0v) is 18.1. The molecule has 0 spiro atoms. The second-order valence-corrected chi connectivity index (χ2v) is 13.0. The second kappa shape index (κ2) is 7.45. The highest BCUT2D eigenvalue weighted by Gasteiger charge is 2.38. The molecule has 2 aromatic rings. The predicted octanol–water partition coefficient (Wildman–Crippen LogP) is 5.50. The van der Waals surface area contributed by atoms with Gasteiger partial charge in [0.05, 0.1) is 6.04 Å². The molecule has 1 aliphatic heterocycles. The Kier molecular flexibility index (Phi) is 5.88. The molecule has 0 fully saturated rings. The maximum absolute atomic E-state index is 6.36. The van der Waals surface area contributed by atoms with Gasteiger partial charge in [-0.05, 0) is 47.8 Å². The number of benzene rings is 2. The third-order valence-electron chi connectivity index (χ3n) is 5.45. The summed E-state index contributed by atoms with van der Waals surface area (Å²) in [6.45, 7) is 11.3. The molecule has 5 heteroatoms. The first-order chi connectivity index (χ1) is 11.7. The molecule has 0 saturated heterocycles. The summed E-state index contributed by atoms with van der Waals surface area (Å²) in [6.07, 6.45) is 0.888. The van der Waals surface area contributed by atoms with Crippen LogP contribution < -0.4 is 10.2 Å². The van der Waals surface area contributed by atoms with Crippen LogP contribution in [0.1, 0.15) is 43.5 Å². The van der Waals surface area contributed by atoms with Crippen LogP contribution in [-0.4, -0.2) is 14.2 Å². The molecule has 1 atom stereocenters. The molecule has 0 radical (unpaired) electrons. The monoisotopic (exact) mass is 388 g/mol. The highest BCUT2D eigenvalue weighted by atomic mass is 35.5. The van der Waals surface area contributed by atoms with Crippen molar-refractivity contribution in [3.05, 3.63) is 65.2 Å². The third-order valence-corrected chi connectivity index (χ3v) is 9.80. The molecule has 1 unspecified atom stereocenters. The van der Waals surface area contributed by atoms with Crippen molar-refractivity contribution in [2.75, 3.05) is 0 Å². The van der Waals surface area contributed by atoms with E-state index >= 15 is 0 Å². The molecule has 3 rings (SSSR count). The number of nitrogens with zero attached hydrogens (tertiary/aromatic N) is 1. The van der Waals surface area contributed by atoms with Gasteiger partial charge in [-0.1, -0.05) is 57.2 Å². The van der Waals surface area contributed by atoms with Crippen LogP contribution in [0.15, 0.2) is 53.5 Å². The summed E-state index contributed by atoms with van der Waals surface area (Å²) in [7, 11) is -1.81. The molecule has 2 N–H and O–H groups in total. The van der Waals surface area contributed by atoms with Crippen LogP contribution in [0.25, 0.3) is 0 Å². The number of hydrogen-bond donors (Lipinski definition) is 1. The minimum atomic E-state index is -1.81. The van der Waals surface area contributed by atoms with Crippen molar-refractivity contribution in [3.63, 3.8) is 0 Å². The molecule has 26 heavy (non-hydrogen) atoms. The van der Waals surface area contributed by atoms with E-state index in [0.29, 0.717) is 5.84 Å². The largest absolute Gasteiger partial charge is 0.544 e. The van der Waals surface area contributed by atoms with Crippen LogP contribution in [0, 0.1) is 0 Å². The Morgan fingerprint density at radius 3 is 2.27 bits per heavy atom. The Morgan fingerprint density at radius 2 is 1.65 bits per heavy atom. The first-order valence-electron chi connectivity index (χ1n) is 8.88. The van der Waals surface area contributed by atoms with E-state index in [-0.39, 0.29) is 23.5 Å². The van der Waals surface area contributed by atoms with E-state index < -0.39 is 8.32 Å². The van der Waals surface area contributed by atoms with Gasteiger partial charge in [-0.15, -0.1) is 12.4 Å². The number of fused-ring (bicyclic) bond motifs is 1. The quantitative estimate of drug-likeness (QED) is 0.706. The molecule has 0 aliphatic carbocycles. The van der Waals surface area contributed by atoms with Crippen molar-refractivity contribution in [1.82, 2.24) is 0 Å². The summed E-state index contributed by atoms with van der Waals surface area (Å²) < 4.78 is 6.36. The highest BCUT2D eigenvalue weighted by Crippen LogP contribution is 2.38. The zero-order valence-electron chi connectivity index (χ0n) is 16.2. The van der Waals surface area contributed by atoms with Gasteiger partial charge in [0.15, 0.2) is 0 Å². The minimum absolute atomic E-state index is 0. The minimum Gasteiger partial charge on any atom is -0.544 e. The molecule has 3 nitrogen and oxygen atoms in total. The molecule has 0 amide bonds. The smallest absolute Gasteiger partial charge is 0.250 e. The lowest BCUT2D eigenvalue weighted by Gasteiger charge is -2.36. The van der Waals surface area contributed by atoms with Crippen molar-refractivity contribution in [1.29, 1.82) is 0 Å². The summed E-state index contributed by atoms with van der Waals surface area (Å²) in [5.74, 6) is 1.58. The topological polar surface area (TPSA) is 47.6 Å². The molecule has 0 aromatic heterocycles. The van der Waals surface area contributed by atoms with Crippen molar-refractivity contribution < 1.29 is 4.43 Å². The van der Waals surface area contributed by atoms with Gasteiger partial charge < -0.3 is 10.2 Å². The van der Waals surface area contributed by atoms with Gasteiger partial charge in [0.1, 0.15) is 11.6 Å². The summed E-state index contributed by atoms with van der Waals surface area (Å²) >= 11 is 0. The van der Waals surface area contributed by atoms with E-state index in [1.165, 1.54) is 11.1 Å². The average molecular weight is 389 g/mol. The predicted molar refractivity (Wildman–Crippen MR) is 115 cm³/mol. The number of halogens is 1. The number of hydrogen-bond acceptors (Lipinski definition) is 3. The van der Waals surface area contributed by atoms with Gasteiger partial charge in [0, 0.05) is 5.56 Å². The van der Waals surface area contributed by atoms with Gasteiger partial charge >= 0.3 is 0 Å². The summed E-state index contributed by atoms with van der Waals surface area (Å²) in [4.78, 5) is 4.70. The normalized spacial score (nSPS) is 17.0. The molecular weight excluding hydrogens is 360 g/mol. The van der Waals surface area contributed by atoms with Crippen LogP contribution >= 0.6 is 12.4 Å². The first-order valence-corrected chi connectivity index (χ1v) is 11.8. The molecule has 1 heterocycles. The number of aliphatic imine (C=N–C) groups is 1. The molecule has 140 valence electrons. The van der Waals surface area contributed by atoms with Crippen LogP contribution in [0.4, 0.5) is 0 Å². The van der Waals surface area contributed by atoms with Gasteiger partial charge in [-0.25, -0.2) is 0 Å². The number of nitrogens with two attached hydrogens (primary N) is 1. The fourth-order valence-corrected chi connectivity index (χ4v) is 3.87. The van der Waals surface area contributed by atoms with E-state index in [1.807, 2.05) is 12.1 Å². The third kappa shape index (κ3) is 4.13. The maximum Gasteiger partial charge on any atom is 0.250 e. The fourth-order valence-electron chi connectivity index (χ4n) is 2.84.